The Hall–Kier alpha value is -1.13. The van der Waals surface area contributed by atoms with E-state index in [0.29, 0.717) is 11.3 Å². The highest BCUT2D eigenvalue weighted by Crippen LogP contribution is 2.32. The van der Waals surface area contributed by atoms with Crippen molar-refractivity contribution in [2.75, 3.05) is 31.6 Å². The van der Waals surface area contributed by atoms with Crippen molar-refractivity contribution in [3.05, 3.63) is 29.6 Å². The Labute approximate surface area is 121 Å². The van der Waals surface area contributed by atoms with E-state index in [4.69, 9.17) is 0 Å². The van der Waals surface area contributed by atoms with Gasteiger partial charge < -0.3 is 14.9 Å². The van der Waals surface area contributed by atoms with E-state index in [2.05, 4.69) is 23.8 Å². The largest absolute Gasteiger partial charge is 0.389 e. The molecule has 1 aliphatic rings. The third-order valence-corrected chi connectivity index (χ3v) is 4.13. The van der Waals surface area contributed by atoms with Crippen molar-refractivity contribution in [3.63, 3.8) is 0 Å². The Morgan fingerprint density at radius 1 is 1.40 bits per heavy atom. The summed E-state index contributed by atoms with van der Waals surface area (Å²) in [6.45, 7) is 6.64. The topological polar surface area (TPSA) is 26.7 Å². The van der Waals surface area contributed by atoms with Crippen LogP contribution in [0.5, 0.6) is 0 Å². The van der Waals surface area contributed by atoms with E-state index in [1.54, 1.807) is 13.0 Å². The van der Waals surface area contributed by atoms with Gasteiger partial charge in [0.15, 0.2) is 0 Å². The molecule has 1 heterocycles. The number of likely N-dealkylation sites (N-methyl/N-ethyl adjacent to an activating group) is 1. The van der Waals surface area contributed by atoms with E-state index in [-0.39, 0.29) is 11.9 Å². The molecule has 0 bridgehead atoms. The van der Waals surface area contributed by atoms with Crippen molar-refractivity contribution >= 4 is 5.69 Å². The Balaban J connectivity index is 2.42. The van der Waals surface area contributed by atoms with Gasteiger partial charge in [0.25, 0.3) is 0 Å². The number of hydrogen-bond acceptors (Lipinski definition) is 3. The molecule has 0 radical (unpaired) electrons. The second kappa shape index (κ2) is 6.55. The smallest absolute Gasteiger partial charge is 0.146 e. The summed E-state index contributed by atoms with van der Waals surface area (Å²) in [6, 6.07) is 5.27. The third-order valence-electron chi connectivity index (χ3n) is 4.13. The molecule has 0 amide bonds. The van der Waals surface area contributed by atoms with Gasteiger partial charge in [-0.2, -0.15) is 0 Å². The van der Waals surface area contributed by atoms with Crippen LogP contribution in [0.4, 0.5) is 10.1 Å². The van der Waals surface area contributed by atoms with Gasteiger partial charge in [0.05, 0.1) is 11.8 Å². The monoisotopic (exact) mass is 280 g/mol. The highest BCUT2D eigenvalue weighted by molar-refractivity contribution is 5.56. The number of anilines is 1. The highest BCUT2D eigenvalue weighted by Gasteiger charge is 2.27. The number of hydrogen-bond donors (Lipinski definition) is 1. The lowest BCUT2D eigenvalue weighted by Gasteiger charge is -2.34. The van der Waals surface area contributed by atoms with Crippen molar-refractivity contribution in [2.45, 2.75) is 38.8 Å². The Bertz CT molecular complexity index is 450. The molecular weight excluding hydrogens is 255 g/mol. The molecule has 3 nitrogen and oxygen atoms in total. The lowest BCUT2D eigenvalue weighted by Crippen LogP contribution is -2.40. The molecule has 1 saturated heterocycles. The van der Waals surface area contributed by atoms with Crippen LogP contribution < -0.4 is 4.90 Å². The van der Waals surface area contributed by atoms with Crippen LogP contribution in [0.25, 0.3) is 0 Å². The van der Waals surface area contributed by atoms with Crippen LogP contribution in [0.1, 0.15) is 38.4 Å². The molecule has 2 unspecified atom stereocenters. The van der Waals surface area contributed by atoms with E-state index in [1.807, 2.05) is 6.07 Å². The summed E-state index contributed by atoms with van der Waals surface area (Å²) >= 11 is 0. The number of benzene rings is 1. The summed E-state index contributed by atoms with van der Waals surface area (Å²) in [4.78, 5) is 4.46. The van der Waals surface area contributed by atoms with E-state index in [9.17, 15) is 9.50 Å². The fourth-order valence-electron chi connectivity index (χ4n) is 3.06. The summed E-state index contributed by atoms with van der Waals surface area (Å²) in [5.41, 5.74) is 1.28. The number of nitrogens with zero attached hydrogens (tertiary/aromatic N) is 2. The number of aliphatic hydroxyl groups is 1. The summed E-state index contributed by atoms with van der Waals surface area (Å²) in [6.07, 6.45) is 1.33. The first-order chi connectivity index (χ1) is 9.54. The normalized spacial score (nSPS) is 22.6. The average molecular weight is 280 g/mol. The molecule has 0 spiro atoms. The standard InChI is InChI=1S/C16H25FN2O/c1-4-13-11-18(3)9-6-10-19(13)16-14(12(2)20)7-5-8-15(16)17/h5,7-8,12-13,20H,4,6,9-11H2,1-3H3. The number of para-hydroxylation sites is 1. The van der Waals surface area contributed by atoms with Crippen LogP contribution in [0, 0.1) is 5.82 Å². The molecule has 1 aliphatic heterocycles. The molecule has 2 rings (SSSR count). The third kappa shape index (κ3) is 3.13. The van der Waals surface area contributed by atoms with Crippen molar-refractivity contribution in [2.24, 2.45) is 0 Å². The maximum absolute atomic E-state index is 14.4. The number of aliphatic hydroxyl groups excluding tert-OH is 1. The molecule has 1 N–H and O–H groups in total. The van der Waals surface area contributed by atoms with Crippen molar-refractivity contribution < 1.29 is 9.50 Å². The molecule has 0 aromatic heterocycles. The fraction of sp³-hybridized carbons (Fsp3) is 0.625. The molecule has 1 fully saturated rings. The van der Waals surface area contributed by atoms with Crippen LogP contribution in [0.3, 0.4) is 0 Å². The molecule has 1 aromatic rings. The van der Waals surface area contributed by atoms with Gasteiger partial charge in [-0.15, -0.1) is 0 Å². The minimum atomic E-state index is -0.654. The number of rotatable bonds is 3. The molecule has 4 heteroatoms. The van der Waals surface area contributed by atoms with Gasteiger partial charge >= 0.3 is 0 Å². The Morgan fingerprint density at radius 2 is 2.15 bits per heavy atom. The van der Waals surface area contributed by atoms with Crippen LogP contribution in [-0.2, 0) is 0 Å². The first-order valence-electron chi connectivity index (χ1n) is 7.46. The lowest BCUT2D eigenvalue weighted by atomic mass is 10.0. The van der Waals surface area contributed by atoms with Crippen LogP contribution in [0.15, 0.2) is 18.2 Å². The lowest BCUT2D eigenvalue weighted by molar-refractivity contribution is 0.199. The molecule has 20 heavy (non-hydrogen) atoms. The summed E-state index contributed by atoms with van der Waals surface area (Å²) < 4.78 is 14.4. The minimum Gasteiger partial charge on any atom is -0.389 e. The van der Waals surface area contributed by atoms with E-state index >= 15 is 0 Å². The zero-order valence-electron chi connectivity index (χ0n) is 12.6. The first-order valence-corrected chi connectivity index (χ1v) is 7.46. The molecular formula is C16H25FN2O. The van der Waals surface area contributed by atoms with Gasteiger partial charge in [-0.1, -0.05) is 19.1 Å². The molecule has 2 atom stereocenters. The fourth-order valence-corrected chi connectivity index (χ4v) is 3.06. The summed E-state index contributed by atoms with van der Waals surface area (Å²) in [7, 11) is 2.11. The van der Waals surface area contributed by atoms with E-state index in [0.717, 1.165) is 32.5 Å². The maximum Gasteiger partial charge on any atom is 0.146 e. The Kier molecular flexibility index (Phi) is 5.00. The second-order valence-electron chi connectivity index (χ2n) is 5.72. The average Bonchev–Trinajstić information content (AvgIpc) is 2.59. The van der Waals surface area contributed by atoms with Crippen molar-refractivity contribution in [1.82, 2.24) is 4.90 Å². The van der Waals surface area contributed by atoms with Crippen LogP contribution >= 0.6 is 0 Å². The van der Waals surface area contributed by atoms with Crippen LogP contribution in [0.2, 0.25) is 0 Å². The van der Waals surface area contributed by atoms with E-state index in [1.165, 1.54) is 6.07 Å². The van der Waals surface area contributed by atoms with Crippen molar-refractivity contribution in [1.29, 1.82) is 0 Å². The first kappa shape index (κ1) is 15.3. The molecule has 112 valence electrons. The zero-order chi connectivity index (χ0) is 14.7. The second-order valence-corrected chi connectivity index (χ2v) is 5.72. The summed E-state index contributed by atoms with van der Waals surface area (Å²) in [5, 5.41) is 9.94. The van der Waals surface area contributed by atoms with Gasteiger partial charge in [0.2, 0.25) is 0 Å². The maximum atomic E-state index is 14.4. The SMILES string of the molecule is CCC1CN(C)CCCN1c1c(F)cccc1C(C)O. The van der Waals surface area contributed by atoms with Gasteiger partial charge in [-0.25, -0.2) is 4.39 Å². The Morgan fingerprint density at radius 3 is 2.80 bits per heavy atom. The zero-order valence-corrected chi connectivity index (χ0v) is 12.6. The number of halogens is 1. The quantitative estimate of drug-likeness (QED) is 0.922. The van der Waals surface area contributed by atoms with Gasteiger partial charge in [-0.3, -0.25) is 0 Å². The summed E-state index contributed by atoms with van der Waals surface area (Å²) in [5.74, 6) is -0.230. The highest BCUT2D eigenvalue weighted by atomic mass is 19.1. The van der Waals surface area contributed by atoms with Gasteiger partial charge in [-0.05, 0) is 39.4 Å². The predicted molar refractivity (Wildman–Crippen MR) is 80.6 cm³/mol. The predicted octanol–water partition coefficient (Wildman–Crippen LogP) is 2.80. The molecule has 0 saturated carbocycles. The van der Waals surface area contributed by atoms with E-state index < -0.39 is 6.10 Å². The van der Waals surface area contributed by atoms with Crippen molar-refractivity contribution in [3.8, 4) is 0 Å². The molecule has 1 aromatic carbocycles. The van der Waals surface area contributed by atoms with Gasteiger partial charge in [0, 0.05) is 24.7 Å². The van der Waals surface area contributed by atoms with Crippen LogP contribution in [-0.4, -0.2) is 42.7 Å². The molecule has 0 aliphatic carbocycles. The van der Waals surface area contributed by atoms with Gasteiger partial charge in [0.1, 0.15) is 5.82 Å². The minimum absolute atomic E-state index is 0.230.